The van der Waals surface area contributed by atoms with Crippen LogP contribution in [0.2, 0.25) is 5.02 Å². The van der Waals surface area contributed by atoms with E-state index in [2.05, 4.69) is 15.8 Å². The summed E-state index contributed by atoms with van der Waals surface area (Å²) < 4.78 is 11.1. The fraction of sp³-hybridized carbons (Fsp3) is 0.500. The first-order valence-corrected chi connectivity index (χ1v) is 11.8. The zero-order valence-corrected chi connectivity index (χ0v) is 20.7. The Morgan fingerprint density at radius 1 is 1.24 bits per heavy atom. The summed E-state index contributed by atoms with van der Waals surface area (Å²) in [7, 11) is 0. The topological polar surface area (TPSA) is 114 Å². The van der Waals surface area contributed by atoms with Crippen molar-refractivity contribution in [3.63, 3.8) is 0 Å². The molecular formula is C24H31ClN4O5. The molecule has 10 heteroatoms. The molecule has 0 saturated carbocycles. The fourth-order valence-corrected chi connectivity index (χ4v) is 3.91. The number of carbonyl (C=O) groups excluding carboxylic acids is 3. The van der Waals surface area contributed by atoms with E-state index in [4.69, 9.17) is 20.9 Å². The number of nitrogens with one attached hydrogen (secondary N) is 2. The molecule has 0 radical (unpaired) electrons. The lowest BCUT2D eigenvalue weighted by atomic mass is 10.1. The predicted octanol–water partition coefficient (Wildman–Crippen LogP) is 3.13. The lowest BCUT2D eigenvalue weighted by molar-refractivity contribution is -0.123. The van der Waals surface area contributed by atoms with Crippen LogP contribution in [-0.2, 0) is 4.79 Å². The number of aromatic nitrogens is 1. The highest BCUT2D eigenvalue weighted by Crippen LogP contribution is 2.24. The van der Waals surface area contributed by atoms with Gasteiger partial charge in [-0.15, -0.1) is 0 Å². The summed E-state index contributed by atoms with van der Waals surface area (Å²) in [5.74, 6) is -0.0260. The van der Waals surface area contributed by atoms with Gasteiger partial charge >= 0.3 is 0 Å². The van der Waals surface area contributed by atoms with Gasteiger partial charge in [-0.2, -0.15) is 0 Å². The van der Waals surface area contributed by atoms with Crippen molar-refractivity contribution in [1.29, 1.82) is 0 Å². The summed E-state index contributed by atoms with van der Waals surface area (Å²) >= 11 is 6.10. The minimum Gasteiger partial charge on any atom is -0.491 e. The van der Waals surface area contributed by atoms with Crippen molar-refractivity contribution in [3.8, 4) is 5.75 Å². The molecule has 3 amide bonds. The van der Waals surface area contributed by atoms with Crippen LogP contribution in [0.5, 0.6) is 5.75 Å². The van der Waals surface area contributed by atoms with Crippen LogP contribution >= 0.6 is 11.6 Å². The van der Waals surface area contributed by atoms with Crippen molar-refractivity contribution in [2.45, 2.75) is 46.6 Å². The van der Waals surface area contributed by atoms with Crippen LogP contribution in [0.4, 0.5) is 0 Å². The number of hydrogen-bond acceptors (Lipinski definition) is 6. The van der Waals surface area contributed by atoms with E-state index in [0.29, 0.717) is 59.3 Å². The summed E-state index contributed by atoms with van der Waals surface area (Å²) in [6, 6.07) is 4.54. The molecule has 1 aliphatic heterocycles. The molecule has 3 rings (SSSR count). The molecule has 0 bridgehead atoms. The lowest BCUT2D eigenvalue weighted by Gasteiger charge is -2.26. The van der Waals surface area contributed by atoms with Gasteiger partial charge in [-0.1, -0.05) is 30.6 Å². The summed E-state index contributed by atoms with van der Waals surface area (Å²) in [4.78, 5) is 40.4. The first-order valence-electron chi connectivity index (χ1n) is 11.4. The van der Waals surface area contributed by atoms with Crippen LogP contribution < -0.4 is 15.4 Å². The zero-order chi connectivity index (χ0) is 24.8. The van der Waals surface area contributed by atoms with E-state index in [1.165, 1.54) is 4.90 Å². The third-order valence-corrected chi connectivity index (χ3v) is 6.00. The molecule has 34 heavy (non-hydrogen) atoms. The van der Waals surface area contributed by atoms with E-state index in [-0.39, 0.29) is 42.8 Å². The average molecular weight is 491 g/mol. The molecule has 0 saturated heterocycles. The minimum atomic E-state index is -0.333. The van der Waals surface area contributed by atoms with E-state index in [1.54, 1.807) is 32.0 Å². The number of benzene rings is 1. The van der Waals surface area contributed by atoms with Crippen LogP contribution in [-0.4, -0.2) is 60.1 Å². The highest BCUT2D eigenvalue weighted by Gasteiger charge is 2.27. The summed E-state index contributed by atoms with van der Waals surface area (Å²) in [5, 5.41) is 10.1. The van der Waals surface area contributed by atoms with Crippen molar-refractivity contribution in [1.82, 2.24) is 20.7 Å². The van der Waals surface area contributed by atoms with Crippen LogP contribution in [0.25, 0.3) is 0 Å². The SMILES string of the molecule is Cc1noc(C)c1C(=O)N1CCCCNC(=O)c2cc(Cl)ccc2OC[C@@H](C(C)C)NC(=O)C1. The quantitative estimate of drug-likeness (QED) is 0.668. The molecule has 1 aromatic carbocycles. The van der Waals surface area contributed by atoms with Crippen LogP contribution in [0.1, 0.15) is 58.9 Å². The summed E-state index contributed by atoms with van der Waals surface area (Å²) in [6.45, 7) is 8.09. The van der Waals surface area contributed by atoms with Crippen molar-refractivity contribution in [3.05, 3.63) is 45.8 Å². The van der Waals surface area contributed by atoms with Crippen molar-refractivity contribution < 1.29 is 23.6 Å². The number of amides is 3. The van der Waals surface area contributed by atoms with E-state index in [0.717, 1.165) is 0 Å². The molecule has 1 aromatic heterocycles. The van der Waals surface area contributed by atoms with Crippen LogP contribution in [0.3, 0.4) is 0 Å². The smallest absolute Gasteiger partial charge is 0.259 e. The number of rotatable bonds is 2. The minimum absolute atomic E-state index is 0.0518. The standard InChI is InChI=1S/C24H31ClN4O5/c1-14(2)19-13-33-20-8-7-17(25)11-18(20)23(31)26-9-5-6-10-29(12-21(30)27-19)24(32)22-15(3)28-34-16(22)4/h7-8,11,14,19H,5-6,9-10,12-13H2,1-4H3,(H,26,31)(H,27,30)/t19-/m0/s1. The second-order valence-corrected chi connectivity index (χ2v) is 9.19. The maximum atomic E-state index is 13.2. The molecule has 1 aliphatic rings. The Morgan fingerprint density at radius 3 is 2.68 bits per heavy atom. The number of hydrogen-bond donors (Lipinski definition) is 2. The number of aryl methyl sites for hydroxylation is 2. The second-order valence-electron chi connectivity index (χ2n) is 8.76. The highest BCUT2D eigenvalue weighted by atomic mass is 35.5. The fourth-order valence-electron chi connectivity index (χ4n) is 3.74. The molecule has 0 spiro atoms. The number of nitrogens with zero attached hydrogens (tertiary/aromatic N) is 2. The number of ether oxygens (including phenoxy) is 1. The monoisotopic (exact) mass is 490 g/mol. The zero-order valence-electron chi connectivity index (χ0n) is 19.9. The molecule has 2 heterocycles. The highest BCUT2D eigenvalue weighted by molar-refractivity contribution is 6.31. The van der Waals surface area contributed by atoms with Gasteiger partial charge in [0, 0.05) is 18.1 Å². The van der Waals surface area contributed by atoms with Gasteiger partial charge in [-0.25, -0.2) is 0 Å². The number of carbonyl (C=O) groups is 3. The van der Waals surface area contributed by atoms with Crippen molar-refractivity contribution in [2.75, 3.05) is 26.2 Å². The molecule has 2 aromatic rings. The molecule has 9 nitrogen and oxygen atoms in total. The predicted molar refractivity (Wildman–Crippen MR) is 127 cm³/mol. The Hall–Kier alpha value is -3.07. The Labute approximate surface area is 204 Å². The third-order valence-electron chi connectivity index (χ3n) is 5.77. The molecule has 2 N–H and O–H groups in total. The molecule has 184 valence electrons. The van der Waals surface area contributed by atoms with Gasteiger partial charge in [-0.05, 0) is 50.8 Å². The Kier molecular flexibility index (Phi) is 8.55. The summed E-state index contributed by atoms with van der Waals surface area (Å²) in [5.41, 5.74) is 1.19. The number of halogens is 1. The van der Waals surface area contributed by atoms with Gasteiger partial charge in [0.2, 0.25) is 5.91 Å². The van der Waals surface area contributed by atoms with E-state index < -0.39 is 0 Å². The van der Waals surface area contributed by atoms with Gasteiger partial charge in [0.25, 0.3) is 11.8 Å². The first-order chi connectivity index (χ1) is 16.2. The Balaban J connectivity index is 1.84. The van der Waals surface area contributed by atoms with Gasteiger partial charge in [0.05, 0.1) is 23.8 Å². The first kappa shape index (κ1) is 25.6. The van der Waals surface area contributed by atoms with Gasteiger partial charge in [0.15, 0.2) is 0 Å². The maximum absolute atomic E-state index is 13.2. The Bertz CT molecular complexity index is 1030. The van der Waals surface area contributed by atoms with Crippen LogP contribution in [0.15, 0.2) is 22.7 Å². The van der Waals surface area contributed by atoms with Crippen molar-refractivity contribution >= 4 is 29.3 Å². The van der Waals surface area contributed by atoms with E-state index in [9.17, 15) is 14.4 Å². The second kappa shape index (κ2) is 11.4. The molecule has 0 aliphatic carbocycles. The van der Waals surface area contributed by atoms with E-state index >= 15 is 0 Å². The molecule has 0 fully saturated rings. The summed E-state index contributed by atoms with van der Waals surface area (Å²) in [6.07, 6.45) is 1.21. The van der Waals surface area contributed by atoms with Gasteiger partial charge in [-0.3, -0.25) is 14.4 Å². The Morgan fingerprint density at radius 2 is 2.00 bits per heavy atom. The molecular weight excluding hydrogens is 460 g/mol. The third kappa shape index (κ3) is 6.28. The van der Waals surface area contributed by atoms with E-state index in [1.807, 2.05) is 13.8 Å². The largest absolute Gasteiger partial charge is 0.491 e. The maximum Gasteiger partial charge on any atom is 0.259 e. The molecule has 0 unspecified atom stereocenters. The lowest BCUT2D eigenvalue weighted by Crippen LogP contribution is -2.48. The molecule has 1 atom stereocenters. The van der Waals surface area contributed by atoms with Gasteiger partial charge in [0.1, 0.15) is 23.7 Å². The van der Waals surface area contributed by atoms with Crippen LogP contribution in [0, 0.1) is 19.8 Å². The number of fused-ring (bicyclic) bond motifs is 1. The average Bonchev–Trinajstić information content (AvgIpc) is 3.12. The van der Waals surface area contributed by atoms with Crippen molar-refractivity contribution in [2.24, 2.45) is 5.92 Å². The van der Waals surface area contributed by atoms with Gasteiger partial charge < -0.3 is 24.8 Å². The normalized spacial score (nSPS) is 18.3.